The van der Waals surface area contributed by atoms with Crippen LogP contribution in [0.2, 0.25) is 0 Å². The number of carbonyl (C=O) groups is 2. The molecule has 0 saturated carbocycles. The predicted octanol–water partition coefficient (Wildman–Crippen LogP) is 5.26. The number of carbonyl (C=O) groups excluding carboxylic acids is 2. The fraction of sp³-hybridized carbons (Fsp3) is 0.500. The van der Waals surface area contributed by atoms with Crippen molar-refractivity contribution >= 4 is 23.2 Å². The Kier molecular flexibility index (Phi) is 8.03. The molecule has 0 radical (unpaired) electrons. The summed E-state index contributed by atoms with van der Waals surface area (Å²) < 4.78 is 0. The van der Waals surface area contributed by atoms with Gasteiger partial charge in [0.25, 0.3) is 0 Å². The van der Waals surface area contributed by atoms with Gasteiger partial charge in [0.1, 0.15) is 0 Å². The maximum atomic E-state index is 13.3. The van der Waals surface area contributed by atoms with E-state index in [1.165, 1.54) is 4.88 Å². The van der Waals surface area contributed by atoms with Gasteiger partial charge in [0, 0.05) is 28.8 Å². The van der Waals surface area contributed by atoms with Gasteiger partial charge in [0.15, 0.2) is 0 Å². The van der Waals surface area contributed by atoms with Crippen LogP contribution in [-0.4, -0.2) is 34.2 Å². The summed E-state index contributed by atoms with van der Waals surface area (Å²) in [4.78, 5) is 32.1. The molecular weight excluding hydrogens is 380 g/mol. The van der Waals surface area contributed by atoms with E-state index in [2.05, 4.69) is 19.1 Å². The van der Waals surface area contributed by atoms with E-state index in [0.29, 0.717) is 19.5 Å². The van der Waals surface area contributed by atoms with Crippen LogP contribution in [0.1, 0.15) is 56.4 Å². The van der Waals surface area contributed by atoms with Crippen molar-refractivity contribution in [3.63, 3.8) is 0 Å². The van der Waals surface area contributed by atoms with Crippen molar-refractivity contribution < 1.29 is 9.59 Å². The third kappa shape index (κ3) is 7.65. The Morgan fingerprint density at radius 3 is 2.14 bits per heavy atom. The highest BCUT2D eigenvalue weighted by molar-refractivity contribution is 7.11. The lowest BCUT2D eigenvalue weighted by molar-refractivity contribution is -0.143. The molecule has 2 amide bonds. The first-order valence-corrected chi connectivity index (χ1v) is 11.0. The summed E-state index contributed by atoms with van der Waals surface area (Å²) >= 11 is 1.71. The number of nitrogens with zero attached hydrogens (tertiary/aromatic N) is 2. The van der Waals surface area contributed by atoms with Gasteiger partial charge >= 0.3 is 0 Å². The molecule has 0 bridgehead atoms. The van der Waals surface area contributed by atoms with Gasteiger partial charge in [-0.3, -0.25) is 9.59 Å². The summed E-state index contributed by atoms with van der Waals surface area (Å²) in [5, 5.41) is 0. The zero-order chi connectivity index (χ0) is 21.6. The minimum Gasteiger partial charge on any atom is -0.332 e. The molecule has 29 heavy (non-hydrogen) atoms. The second-order valence-electron chi connectivity index (χ2n) is 9.10. The van der Waals surface area contributed by atoms with E-state index in [0.717, 1.165) is 10.4 Å². The Morgan fingerprint density at radius 2 is 1.62 bits per heavy atom. The quantitative estimate of drug-likeness (QED) is 0.591. The Morgan fingerprint density at radius 1 is 0.966 bits per heavy atom. The molecule has 2 aromatic rings. The lowest BCUT2D eigenvalue weighted by Crippen LogP contribution is -2.46. The van der Waals surface area contributed by atoms with Crippen molar-refractivity contribution in [2.75, 3.05) is 6.54 Å². The topological polar surface area (TPSA) is 40.6 Å². The average molecular weight is 415 g/mol. The molecule has 0 unspecified atom stereocenters. The average Bonchev–Trinajstić information content (AvgIpc) is 3.02. The van der Waals surface area contributed by atoms with Crippen LogP contribution in [-0.2, 0) is 22.7 Å². The maximum absolute atomic E-state index is 13.3. The molecule has 1 aromatic carbocycles. The SMILES string of the molecule is Cc1ccc(CN(Cc2ccccc2)C(=O)CN(C(=O)CC(C)(C)C)C(C)C)s1. The fourth-order valence-electron chi connectivity index (χ4n) is 3.15. The smallest absolute Gasteiger partial charge is 0.242 e. The molecule has 0 saturated heterocycles. The van der Waals surface area contributed by atoms with E-state index in [-0.39, 0.29) is 29.8 Å². The van der Waals surface area contributed by atoms with Crippen LogP contribution < -0.4 is 0 Å². The lowest BCUT2D eigenvalue weighted by atomic mass is 9.91. The van der Waals surface area contributed by atoms with E-state index in [1.807, 2.05) is 69.9 Å². The number of benzene rings is 1. The molecule has 0 aliphatic carbocycles. The van der Waals surface area contributed by atoms with Gasteiger partial charge in [0.2, 0.25) is 11.8 Å². The minimum absolute atomic E-state index is 0.0173. The highest BCUT2D eigenvalue weighted by Crippen LogP contribution is 2.22. The molecule has 158 valence electrons. The number of thiophene rings is 1. The molecule has 0 aliphatic rings. The summed E-state index contributed by atoms with van der Waals surface area (Å²) in [6.45, 7) is 13.4. The van der Waals surface area contributed by atoms with Crippen LogP contribution in [0.25, 0.3) is 0 Å². The van der Waals surface area contributed by atoms with Crippen molar-refractivity contribution in [2.24, 2.45) is 5.41 Å². The van der Waals surface area contributed by atoms with E-state index in [4.69, 9.17) is 0 Å². The van der Waals surface area contributed by atoms with Crippen molar-refractivity contribution in [3.05, 3.63) is 57.8 Å². The molecule has 2 rings (SSSR count). The highest BCUT2D eigenvalue weighted by atomic mass is 32.1. The van der Waals surface area contributed by atoms with Gasteiger partial charge in [-0.05, 0) is 43.9 Å². The van der Waals surface area contributed by atoms with Crippen molar-refractivity contribution in [3.8, 4) is 0 Å². The second-order valence-corrected chi connectivity index (χ2v) is 10.5. The first-order chi connectivity index (χ1) is 13.5. The Labute approximate surface area is 179 Å². The molecule has 0 N–H and O–H groups in total. The largest absolute Gasteiger partial charge is 0.332 e. The van der Waals surface area contributed by atoms with Crippen LogP contribution in [0.5, 0.6) is 0 Å². The zero-order valence-electron chi connectivity index (χ0n) is 18.6. The monoisotopic (exact) mass is 414 g/mol. The van der Waals surface area contributed by atoms with E-state index >= 15 is 0 Å². The Bertz CT molecular complexity index is 806. The summed E-state index contributed by atoms with van der Waals surface area (Å²) in [7, 11) is 0. The number of amides is 2. The second kappa shape index (κ2) is 10.1. The van der Waals surface area contributed by atoms with Crippen LogP contribution >= 0.6 is 11.3 Å². The summed E-state index contributed by atoms with van der Waals surface area (Å²) in [6.07, 6.45) is 0.432. The molecule has 1 heterocycles. The van der Waals surface area contributed by atoms with Gasteiger partial charge in [0.05, 0.1) is 13.1 Å². The van der Waals surface area contributed by atoms with Crippen LogP contribution in [0.3, 0.4) is 0 Å². The number of aryl methyl sites for hydroxylation is 1. The standard InChI is InChI=1S/C24H34N2O2S/c1-18(2)26(22(27)14-24(4,5)6)17-23(28)25(15-20-10-8-7-9-11-20)16-21-13-12-19(3)29-21/h7-13,18H,14-17H2,1-6H3. The zero-order valence-corrected chi connectivity index (χ0v) is 19.4. The van der Waals surface area contributed by atoms with Crippen molar-refractivity contribution in [1.82, 2.24) is 9.80 Å². The van der Waals surface area contributed by atoms with Crippen LogP contribution in [0, 0.1) is 12.3 Å². The van der Waals surface area contributed by atoms with Gasteiger partial charge in [-0.15, -0.1) is 11.3 Å². The fourth-order valence-corrected chi connectivity index (χ4v) is 4.06. The van der Waals surface area contributed by atoms with Crippen LogP contribution in [0.4, 0.5) is 0 Å². The van der Waals surface area contributed by atoms with Gasteiger partial charge in [-0.2, -0.15) is 0 Å². The van der Waals surface area contributed by atoms with E-state index in [1.54, 1.807) is 16.2 Å². The molecule has 4 nitrogen and oxygen atoms in total. The Hall–Kier alpha value is -2.14. The van der Waals surface area contributed by atoms with Gasteiger partial charge < -0.3 is 9.80 Å². The maximum Gasteiger partial charge on any atom is 0.242 e. The number of hydrogen-bond acceptors (Lipinski definition) is 3. The molecule has 0 aliphatic heterocycles. The molecule has 0 fully saturated rings. The summed E-state index contributed by atoms with van der Waals surface area (Å²) in [5.41, 5.74) is 0.983. The Balaban J connectivity index is 2.18. The minimum atomic E-state index is -0.106. The summed E-state index contributed by atoms with van der Waals surface area (Å²) in [5.74, 6) is 0.0170. The third-order valence-corrected chi connectivity index (χ3v) is 5.63. The lowest BCUT2D eigenvalue weighted by Gasteiger charge is -2.32. The van der Waals surface area contributed by atoms with Gasteiger partial charge in [-0.1, -0.05) is 51.1 Å². The van der Waals surface area contributed by atoms with E-state index < -0.39 is 0 Å². The normalized spacial score (nSPS) is 11.6. The summed E-state index contributed by atoms with van der Waals surface area (Å²) in [6, 6.07) is 14.2. The molecule has 1 aromatic heterocycles. The molecule has 5 heteroatoms. The van der Waals surface area contributed by atoms with Crippen molar-refractivity contribution in [1.29, 1.82) is 0 Å². The van der Waals surface area contributed by atoms with Gasteiger partial charge in [-0.25, -0.2) is 0 Å². The molecular formula is C24H34N2O2S. The van der Waals surface area contributed by atoms with Crippen molar-refractivity contribution in [2.45, 2.75) is 67.1 Å². The predicted molar refractivity (Wildman–Crippen MR) is 121 cm³/mol. The molecule has 0 spiro atoms. The first-order valence-electron chi connectivity index (χ1n) is 10.2. The first kappa shape index (κ1) is 23.1. The number of rotatable bonds is 8. The molecule has 0 atom stereocenters. The van der Waals surface area contributed by atoms with Crippen LogP contribution in [0.15, 0.2) is 42.5 Å². The third-order valence-electron chi connectivity index (χ3n) is 4.64. The number of hydrogen-bond donors (Lipinski definition) is 0. The van der Waals surface area contributed by atoms with E-state index in [9.17, 15) is 9.59 Å². The highest BCUT2D eigenvalue weighted by Gasteiger charge is 2.27.